The molecular formula is C10H15N5O. The first-order valence-electron chi connectivity index (χ1n) is 5.04. The molecule has 6 nitrogen and oxygen atoms in total. The smallest absolute Gasteiger partial charge is 0.300 e. The molecule has 0 spiro atoms. The molecule has 0 aliphatic heterocycles. The minimum absolute atomic E-state index is 0.165. The van der Waals surface area contributed by atoms with Gasteiger partial charge in [-0.15, -0.1) is 0 Å². The summed E-state index contributed by atoms with van der Waals surface area (Å²) in [6.45, 7) is 7.78. The second-order valence-corrected chi connectivity index (χ2v) is 4.79. The van der Waals surface area contributed by atoms with Crippen LogP contribution in [0.25, 0.3) is 11.2 Å². The minimum Gasteiger partial charge on any atom is -0.335 e. The van der Waals surface area contributed by atoms with Crippen molar-refractivity contribution in [1.82, 2.24) is 19.2 Å². The lowest BCUT2D eigenvalue weighted by Gasteiger charge is -2.20. The van der Waals surface area contributed by atoms with Gasteiger partial charge < -0.3 is 10.4 Å². The van der Waals surface area contributed by atoms with Crippen LogP contribution in [-0.4, -0.2) is 19.2 Å². The Kier molecular flexibility index (Phi) is 2.04. The molecule has 6 heteroatoms. The van der Waals surface area contributed by atoms with E-state index in [1.807, 2.05) is 25.3 Å². The van der Waals surface area contributed by atoms with Gasteiger partial charge in [-0.2, -0.15) is 0 Å². The van der Waals surface area contributed by atoms with Crippen LogP contribution >= 0.6 is 0 Å². The number of rotatable bonds is 0. The van der Waals surface area contributed by atoms with Gasteiger partial charge in [0.05, 0.1) is 6.33 Å². The van der Waals surface area contributed by atoms with Crippen molar-refractivity contribution in [1.29, 1.82) is 0 Å². The van der Waals surface area contributed by atoms with Gasteiger partial charge in [-0.05, 0) is 27.7 Å². The number of nitrogen functional groups attached to an aromatic ring is 1. The lowest BCUT2D eigenvalue weighted by Crippen LogP contribution is -2.31. The van der Waals surface area contributed by atoms with Gasteiger partial charge >= 0.3 is 0 Å². The average molecular weight is 221 g/mol. The highest BCUT2D eigenvalue weighted by Gasteiger charge is 2.19. The normalized spacial score (nSPS) is 12.2. The fourth-order valence-electron chi connectivity index (χ4n) is 1.56. The van der Waals surface area contributed by atoms with E-state index in [9.17, 15) is 4.79 Å². The summed E-state index contributed by atoms with van der Waals surface area (Å²) in [4.78, 5) is 20.2. The molecule has 0 saturated heterocycles. The van der Waals surface area contributed by atoms with Gasteiger partial charge in [-0.1, -0.05) is 0 Å². The first-order chi connectivity index (χ1) is 7.32. The topological polar surface area (TPSA) is 78.7 Å². The van der Waals surface area contributed by atoms with Crippen molar-refractivity contribution < 1.29 is 0 Å². The van der Waals surface area contributed by atoms with E-state index in [1.54, 1.807) is 13.3 Å². The fraction of sp³-hybridized carbons (Fsp3) is 0.500. The largest absolute Gasteiger partial charge is 0.335 e. The van der Waals surface area contributed by atoms with Gasteiger partial charge in [0, 0.05) is 5.54 Å². The van der Waals surface area contributed by atoms with Crippen molar-refractivity contribution in [3.63, 3.8) is 0 Å². The number of hydrogen-bond donors (Lipinski definition) is 1. The Morgan fingerprint density at radius 3 is 2.56 bits per heavy atom. The van der Waals surface area contributed by atoms with Gasteiger partial charge in [-0.25, -0.2) is 14.6 Å². The van der Waals surface area contributed by atoms with Crippen LogP contribution in [0.15, 0.2) is 11.1 Å². The number of nitrogens with two attached hydrogens (primary N) is 1. The van der Waals surface area contributed by atoms with Crippen molar-refractivity contribution in [3.8, 4) is 0 Å². The zero-order valence-electron chi connectivity index (χ0n) is 9.85. The lowest BCUT2D eigenvalue weighted by molar-refractivity contribution is 0.405. The lowest BCUT2D eigenvalue weighted by atomic mass is 10.1. The van der Waals surface area contributed by atoms with Crippen LogP contribution in [0, 0.1) is 6.92 Å². The fourth-order valence-corrected chi connectivity index (χ4v) is 1.56. The molecular weight excluding hydrogens is 206 g/mol. The number of aromatic nitrogens is 4. The first-order valence-corrected chi connectivity index (χ1v) is 5.04. The number of fused-ring (bicyclic) bond motifs is 1. The van der Waals surface area contributed by atoms with Crippen molar-refractivity contribution >= 4 is 11.2 Å². The summed E-state index contributed by atoms with van der Waals surface area (Å²) >= 11 is 0. The van der Waals surface area contributed by atoms with Crippen LogP contribution in [0.4, 0.5) is 0 Å². The molecule has 2 rings (SSSR count). The van der Waals surface area contributed by atoms with Crippen LogP contribution in [0.5, 0.6) is 0 Å². The molecule has 2 aromatic rings. The molecule has 2 heterocycles. The maximum Gasteiger partial charge on any atom is 0.300 e. The third-order valence-electron chi connectivity index (χ3n) is 2.50. The highest BCUT2D eigenvalue weighted by Crippen LogP contribution is 2.18. The van der Waals surface area contributed by atoms with Crippen molar-refractivity contribution in [2.24, 2.45) is 0 Å². The highest BCUT2D eigenvalue weighted by atomic mass is 16.1. The summed E-state index contributed by atoms with van der Waals surface area (Å²) in [6.07, 6.45) is 1.62. The quantitative estimate of drug-likeness (QED) is 0.652. The predicted octanol–water partition coefficient (Wildman–Crippen LogP) is 0.370. The molecule has 0 atom stereocenters. The van der Waals surface area contributed by atoms with Gasteiger partial charge in [-0.3, -0.25) is 4.79 Å². The molecule has 0 aliphatic rings. The predicted molar refractivity (Wildman–Crippen MR) is 61.7 cm³/mol. The maximum atomic E-state index is 11.8. The summed E-state index contributed by atoms with van der Waals surface area (Å²) < 4.78 is 2.89. The van der Waals surface area contributed by atoms with Crippen LogP contribution in [0.2, 0.25) is 0 Å². The van der Waals surface area contributed by atoms with E-state index in [0.717, 1.165) is 4.68 Å². The van der Waals surface area contributed by atoms with E-state index in [0.29, 0.717) is 17.0 Å². The molecule has 86 valence electrons. The summed E-state index contributed by atoms with van der Waals surface area (Å²) in [5.74, 6) is 6.03. The summed E-state index contributed by atoms with van der Waals surface area (Å²) in [7, 11) is 0. The number of imidazole rings is 1. The summed E-state index contributed by atoms with van der Waals surface area (Å²) in [6, 6.07) is 0. The van der Waals surface area contributed by atoms with Crippen molar-refractivity contribution in [2.75, 3.05) is 5.84 Å². The first kappa shape index (κ1) is 10.7. The van der Waals surface area contributed by atoms with Gasteiger partial charge in [0.1, 0.15) is 5.82 Å². The molecule has 0 unspecified atom stereocenters. The van der Waals surface area contributed by atoms with E-state index >= 15 is 0 Å². The molecule has 0 fully saturated rings. The van der Waals surface area contributed by atoms with Crippen molar-refractivity contribution in [2.45, 2.75) is 33.2 Å². The Labute approximate surface area is 92.7 Å². The average Bonchev–Trinajstić information content (AvgIpc) is 2.57. The number of hydrogen-bond acceptors (Lipinski definition) is 4. The second kappa shape index (κ2) is 3.07. The third-order valence-corrected chi connectivity index (χ3v) is 2.50. The number of nitrogens with zero attached hydrogens (tertiary/aromatic N) is 4. The van der Waals surface area contributed by atoms with Crippen LogP contribution in [-0.2, 0) is 5.54 Å². The molecule has 0 aliphatic carbocycles. The number of aryl methyl sites for hydroxylation is 1. The summed E-state index contributed by atoms with van der Waals surface area (Å²) in [5, 5.41) is 0. The van der Waals surface area contributed by atoms with E-state index < -0.39 is 0 Å². The van der Waals surface area contributed by atoms with Gasteiger partial charge in [0.15, 0.2) is 11.2 Å². The molecule has 0 bridgehead atoms. The minimum atomic E-state index is -0.314. The Morgan fingerprint density at radius 1 is 1.38 bits per heavy atom. The van der Waals surface area contributed by atoms with Crippen LogP contribution in [0.3, 0.4) is 0 Å². The highest BCUT2D eigenvalue weighted by molar-refractivity contribution is 5.69. The summed E-state index contributed by atoms with van der Waals surface area (Å²) in [5.41, 5.74) is 0.409. The standard InChI is InChI=1S/C10H15N5O/c1-6-13-8-7(9(16)15(6)11)12-5-14(8)10(2,3)4/h5H,11H2,1-4H3. The second-order valence-electron chi connectivity index (χ2n) is 4.79. The zero-order valence-corrected chi connectivity index (χ0v) is 9.85. The van der Waals surface area contributed by atoms with E-state index in [-0.39, 0.29) is 11.1 Å². The Bertz CT molecular complexity index is 602. The van der Waals surface area contributed by atoms with E-state index in [2.05, 4.69) is 9.97 Å². The van der Waals surface area contributed by atoms with Gasteiger partial charge in [0.2, 0.25) is 0 Å². The molecule has 0 aromatic carbocycles. The maximum absolute atomic E-state index is 11.8. The molecule has 0 amide bonds. The zero-order chi connectivity index (χ0) is 12.1. The molecule has 16 heavy (non-hydrogen) atoms. The van der Waals surface area contributed by atoms with Gasteiger partial charge in [0.25, 0.3) is 5.56 Å². The molecule has 2 N–H and O–H groups in total. The monoisotopic (exact) mass is 221 g/mol. The molecule has 0 saturated carbocycles. The van der Waals surface area contributed by atoms with E-state index in [1.165, 1.54) is 0 Å². The Morgan fingerprint density at radius 2 is 2.00 bits per heavy atom. The SMILES string of the molecule is Cc1nc2c(ncn2C(C)(C)C)c(=O)n1N. The molecule has 0 radical (unpaired) electrons. The Balaban J connectivity index is 2.90. The third kappa shape index (κ3) is 1.37. The van der Waals surface area contributed by atoms with E-state index in [4.69, 9.17) is 5.84 Å². The molecule has 2 aromatic heterocycles. The van der Waals surface area contributed by atoms with Crippen LogP contribution < -0.4 is 11.4 Å². The van der Waals surface area contributed by atoms with Crippen LogP contribution in [0.1, 0.15) is 26.6 Å². The Hall–Kier alpha value is -1.85. The van der Waals surface area contributed by atoms with Crippen molar-refractivity contribution in [3.05, 3.63) is 22.5 Å².